The maximum Gasteiger partial charge on any atom is 0.287 e. The molecule has 0 atom stereocenters. The number of hydrogen-bond donors (Lipinski definition) is 2. The van der Waals surface area contributed by atoms with Gasteiger partial charge in [0.25, 0.3) is 5.91 Å². The third-order valence-corrected chi connectivity index (χ3v) is 2.43. The van der Waals surface area contributed by atoms with E-state index in [1.165, 1.54) is 0 Å². The Morgan fingerprint density at radius 2 is 2.25 bits per heavy atom. The van der Waals surface area contributed by atoms with Gasteiger partial charge in [0.15, 0.2) is 5.76 Å². The van der Waals surface area contributed by atoms with Gasteiger partial charge in [-0.25, -0.2) is 0 Å². The standard InChI is InChI=1S/C11H17NO3S/c1-11(2,14)7-12-10(13)9-5-4-8(15-9)6-16-3/h4-5,14H,6-7H2,1-3H3,(H,12,13). The Bertz CT molecular complexity index is 354. The second kappa shape index (κ2) is 5.41. The van der Waals surface area contributed by atoms with Gasteiger partial charge in [0.2, 0.25) is 0 Å². The van der Waals surface area contributed by atoms with Crippen molar-refractivity contribution in [1.82, 2.24) is 5.32 Å². The van der Waals surface area contributed by atoms with Gasteiger partial charge >= 0.3 is 0 Å². The lowest BCUT2D eigenvalue weighted by Gasteiger charge is -2.16. The lowest BCUT2D eigenvalue weighted by atomic mass is 10.1. The van der Waals surface area contributed by atoms with Crippen LogP contribution >= 0.6 is 11.8 Å². The number of carbonyl (C=O) groups excluding carboxylic acids is 1. The Morgan fingerprint density at radius 3 is 2.81 bits per heavy atom. The predicted molar refractivity (Wildman–Crippen MR) is 64.6 cm³/mol. The van der Waals surface area contributed by atoms with Gasteiger partial charge in [0, 0.05) is 6.54 Å². The second-order valence-corrected chi connectivity index (χ2v) is 5.06. The summed E-state index contributed by atoms with van der Waals surface area (Å²) in [6.07, 6.45) is 1.97. The first-order valence-corrected chi connectivity index (χ1v) is 6.40. The summed E-state index contributed by atoms with van der Waals surface area (Å²) in [5.41, 5.74) is -0.912. The zero-order chi connectivity index (χ0) is 12.2. The van der Waals surface area contributed by atoms with Crippen LogP contribution in [0.15, 0.2) is 16.5 Å². The molecule has 1 aromatic rings. The topological polar surface area (TPSA) is 62.5 Å². The maximum atomic E-state index is 11.6. The largest absolute Gasteiger partial charge is 0.455 e. The lowest BCUT2D eigenvalue weighted by Crippen LogP contribution is -2.38. The molecule has 0 aliphatic heterocycles. The average molecular weight is 243 g/mol. The summed E-state index contributed by atoms with van der Waals surface area (Å²) in [6.45, 7) is 3.47. The molecule has 0 saturated heterocycles. The van der Waals surface area contributed by atoms with E-state index >= 15 is 0 Å². The van der Waals surface area contributed by atoms with Crippen molar-refractivity contribution in [2.45, 2.75) is 25.2 Å². The molecule has 1 rings (SSSR count). The molecular weight excluding hydrogens is 226 g/mol. The first-order chi connectivity index (χ1) is 7.42. The molecule has 5 heteroatoms. The van der Waals surface area contributed by atoms with Crippen molar-refractivity contribution in [1.29, 1.82) is 0 Å². The molecule has 0 aliphatic carbocycles. The van der Waals surface area contributed by atoms with E-state index in [0.717, 1.165) is 11.5 Å². The van der Waals surface area contributed by atoms with Gasteiger partial charge in [0.1, 0.15) is 5.76 Å². The summed E-state index contributed by atoms with van der Waals surface area (Å²) < 4.78 is 5.34. The van der Waals surface area contributed by atoms with E-state index in [0.29, 0.717) is 0 Å². The highest BCUT2D eigenvalue weighted by molar-refractivity contribution is 7.97. The second-order valence-electron chi connectivity index (χ2n) is 4.19. The molecule has 0 radical (unpaired) electrons. The first-order valence-electron chi connectivity index (χ1n) is 5.00. The van der Waals surface area contributed by atoms with E-state index in [-0.39, 0.29) is 18.2 Å². The normalized spacial score (nSPS) is 11.5. The Kier molecular flexibility index (Phi) is 4.44. The van der Waals surface area contributed by atoms with E-state index in [4.69, 9.17) is 4.42 Å². The molecule has 1 heterocycles. The molecule has 1 aromatic heterocycles. The number of aliphatic hydroxyl groups is 1. The van der Waals surface area contributed by atoms with Crippen LogP contribution in [-0.2, 0) is 5.75 Å². The van der Waals surface area contributed by atoms with E-state index in [1.54, 1.807) is 37.7 Å². The molecule has 16 heavy (non-hydrogen) atoms. The van der Waals surface area contributed by atoms with Gasteiger partial charge in [-0.2, -0.15) is 11.8 Å². The fourth-order valence-corrected chi connectivity index (χ4v) is 1.54. The molecule has 0 fully saturated rings. The maximum absolute atomic E-state index is 11.6. The minimum absolute atomic E-state index is 0.199. The van der Waals surface area contributed by atoms with E-state index in [2.05, 4.69) is 5.32 Å². The molecule has 0 bridgehead atoms. The van der Waals surface area contributed by atoms with Crippen molar-refractivity contribution in [3.8, 4) is 0 Å². The SMILES string of the molecule is CSCc1ccc(C(=O)NCC(C)(C)O)o1. The molecular formula is C11H17NO3S. The smallest absolute Gasteiger partial charge is 0.287 e. The predicted octanol–water partition coefficient (Wildman–Crippen LogP) is 1.64. The Hall–Kier alpha value is -0.940. The molecule has 0 aliphatic rings. The minimum Gasteiger partial charge on any atom is -0.455 e. The van der Waals surface area contributed by atoms with Crippen LogP contribution in [0.1, 0.15) is 30.2 Å². The number of amides is 1. The van der Waals surface area contributed by atoms with E-state index < -0.39 is 5.60 Å². The molecule has 90 valence electrons. The average Bonchev–Trinajstić information content (AvgIpc) is 2.62. The van der Waals surface area contributed by atoms with Gasteiger partial charge in [-0.05, 0) is 32.2 Å². The van der Waals surface area contributed by atoms with E-state index in [9.17, 15) is 9.90 Å². The molecule has 0 unspecified atom stereocenters. The minimum atomic E-state index is -0.912. The van der Waals surface area contributed by atoms with Gasteiger partial charge in [-0.15, -0.1) is 0 Å². The van der Waals surface area contributed by atoms with Gasteiger partial charge in [-0.3, -0.25) is 4.79 Å². The zero-order valence-electron chi connectivity index (χ0n) is 9.74. The summed E-state index contributed by atoms with van der Waals surface area (Å²) in [7, 11) is 0. The summed E-state index contributed by atoms with van der Waals surface area (Å²) in [6, 6.07) is 3.43. The molecule has 0 saturated carbocycles. The van der Waals surface area contributed by atoms with Crippen molar-refractivity contribution in [3.63, 3.8) is 0 Å². The first kappa shape index (κ1) is 13.1. The Balaban J connectivity index is 2.53. The third-order valence-electron chi connectivity index (χ3n) is 1.85. The quantitative estimate of drug-likeness (QED) is 0.825. The van der Waals surface area contributed by atoms with Crippen LogP contribution in [0.3, 0.4) is 0 Å². The number of carbonyl (C=O) groups is 1. The summed E-state index contributed by atoms with van der Waals surface area (Å²) in [5.74, 6) is 1.52. The van der Waals surface area contributed by atoms with Crippen LogP contribution in [0.5, 0.6) is 0 Å². The summed E-state index contributed by atoms with van der Waals surface area (Å²) in [4.78, 5) is 11.6. The fourth-order valence-electron chi connectivity index (χ4n) is 1.10. The van der Waals surface area contributed by atoms with Crippen LogP contribution in [0, 0.1) is 0 Å². The van der Waals surface area contributed by atoms with E-state index in [1.807, 2.05) is 6.26 Å². The number of nitrogens with one attached hydrogen (secondary N) is 1. The number of hydrogen-bond acceptors (Lipinski definition) is 4. The highest BCUT2D eigenvalue weighted by atomic mass is 32.2. The Morgan fingerprint density at radius 1 is 1.56 bits per heavy atom. The monoisotopic (exact) mass is 243 g/mol. The van der Waals surface area contributed by atoms with Crippen LogP contribution < -0.4 is 5.32 Å². The van der Waals surface area contributed by atoms with Crippen molar-refractivity contribution in [2.75, 3.05) is 12.8 Å². The van der Waals surface area contributed by atoms with Crippen molar-refractivity contribution in [3.05, 3.63) is 23.7 Å². The number of thioether (sulfide) groups is 1. The highest BCUT2D eigenvalue weighted by Gasteiger charge is 2.16. The van der Waals surface area contributed by atoms with Crippen LogP contribution in [-0.4, -0.2) is 29.4 Å². The van der Waals surface area contributed by atoms with Crippen LogP contribution in [0.25, 0.3) is 0 Å². The highest BCUT2D eigenvalue weighted by Crippen LogP contribution is 2.13. The van der Waals surface area contributed by atoms with Crippen molar-refractivity contribution < 1.29 is 14.3 Å². The zero-order valence-corrected chi connectivity index (χ0v) is 10.6. The fraction of sp³-hybridized carbons (Fsp3) is 0.545. The van der Waals surface area contributed by atoms with Gasteiger partial charge < -0.3 is 14.8 Å². The molecule has 0 spiro atoms. The van der Waals surface area contributed by atoms with Gasteiger partial charge in [0.05, 0.1) is 11.4 Å². The summed E-state index contributed by atoms with van der Waals surface area (Å²) >= 11 is 1.63. The molecule has 1 amide bonds. The Labute approximate surface area is 99.4 Å². The third kappa shape index (κ3) is 4.28. The molecule has 0 aromatic carbocycles. The molecule has 4 nitrogen and oxygen atoms in total. The van der Waals surface area contributed by atoms with Crippen LogP contribution in [0.4, 0.5) is 0 Å². The van der Waals surface area contributed by atoms with Crippen molar-refractivity contribution >= 4 is 17.7 Å². The molecule has 2 N–H and O–H groups in total. The van der Waals surface area contributed by atoms with Gasteiger partial charge in [-0.1, -0.05) is 0 Å². The number of rotatable bonds is 5. The van der Waals surface area contributed by atoms with Crippen molar-refractivity contribution in [2.24, 2.45) is 0 Å². The van der Waals surface area contributed by atoms with Crippen LogP contribution in [0.2, 0.25) is 0 Å². The lowest BCUT2D eigenvalue weighted by molar-refractivity contribution is 0.0680. The number of furan rings is 1. The summed E-state index contributed by atoms with van der Waals surface area (Å²) in [5, 5.41) is 12.1.